The van der Waals surface area contributed by atoms with Crippen LogP contribution in [0.25, 0.3) is 21.8 Å². The number of benzene rings is 2. The van der Waals surface area contributed by atoms with Crippen LogP contribution >= 0.6 is 15.9 Å². The number of halogens is 1. The molecule has 4 heteroatoms. The van der Waals surface area contributed by atoms with E-state index < -0.39 is 5.97 Å². The van der Waals surface area contributed by atoms with E-state index in [0.29, 0.717) is 6.42 Å². The van der Waals surface area contributed by atoms with Gasteiger partial charge in [0, 0.05) is 21.7 Å². The number of hydrogen-bond acceptors (Lipinski definition) is 2. The quantitative estimate of drug-likeness (QED) is 0.734. The Bertz CT molecular complexity index is 814. The number of para-hydroxylation sites is 1. The number of fused-ring (bicyclic) bond motifs is 2. The first-order valence-electron chi connectivity index (χ1n) is 6.34. The summed E-state index contributed by atoms with van der Waals surface area (Å²) in [7, 11) is 0. The molecule has 2 aromatic carbocycles. The van der Waals surface area contributed by atoms with E-state index in [0.717, 1.165) is 31.8 Å². The maximum absolute atomic E-state index is 10.9. The standard InChI is InChI=1S/C16H12BrNO2/c17-12-5-3-7-14-16(12)11(8-9-15(19)20)10-4-1-2-6-13(10)18-14/h1-7H,8-9H2,(H,19,20). The average molecular weight is 330 g/mol. The Kier molecular flexibility index (Phi) is 3.40. The van der Waals surface area contributed by atoms with Crippen molar-refractivity contribution < 1.29 is 9.90 Å². The van der Waals surface area contributed by atoms with E-state index in [1.165, 1.54) is 0 Å². The van der Waals surface area contributed by atoms with Gasteiger partial charge in [0.1, 0.15) is 0 Å². The molecule has 3 nitrogen and oxygen atoms in total. The number of carbonyl (C=O) groups is 1. The lowest BCUT2D eigenvalue weighted by molar-refractivity contribution is -0.136. The van der Waals surface area contributed by atoms with Crippen LogP contribution in [0, 0.1) is 0 Å². The third-order valence-corrected chi connectivity index (χ3v) is 4.01. The second-order valence-electron chi connectivity index (χ2n) is 4.64. The largest absolute Gasteiger partial charge is 0.481 e. The van der Waals surface area contributed by atoms with E-state index >= 15 is 0 Å². The van der Waals surface area contributed by atoms with Crippen LogP contribution < -0.4 is 0 Å². The molecule has 0 aliphatic carbocycles. The van der Waals surface area contributed by atoms with Crippen LogP contribution in [-0.4, -0.2) is 16.1 Å². The second-order valence-corrected chi connectivity index (χ2v) is 5.49. The summed E-state index contributed by atoms with van der Waals surface area (Å²) in [6, 6.07) is 13.7. The van der Waals surface area contributed by atoms with Crippen molar-refractivity contribution in [3.8, 4) is 0 Å². The van der Waals surface area contributed by atoms with Crippen LogP contribution in [0.4, 0.5) is 0 Å². The Hall–Kier alpha value is -1.94. The maximum atomic E-state index is 10.9. The molecule has 0 atom stereocenters. The Balaban J connectivity index is 2.35. The monoisotopic (exact) mass is 329 g/mol. The number of aromatic nitrogens is 1. The van der Waals surface area contributed by atoms with Crippen molar-refractivity contribution >= 4 is 43.7 Å². The lowest BCUT2D eigenvalue weighted by Crippen LogP contribution is -2.00. The van der Waals surface area contributed by atoms with Gasteiger partial charge >= 0.3 is 5.97 Å². The van der Waals surface area contributed by atoms with Crippen LogP contribution in [0.1, 0.15) is 12.0 Å². The molecule has 0 saturated heterocycles. The van der Waals surface area contributed by atoms with E-state index in [1.807, 2.05) is 42.5 Å². The van der Waals surface area contributed by atoms with Crippen LogP contribution in [0.2, 0.25) is 0 Å². The van der Waals surface area contributed by atoms with Gasteiger partial charge in [0.2, 0.25) is 0 Å². The van der Waals surface area contributed by atoms with Crippen molar-refractivity contribution in [1.82, 2.24) is 4.98 Å². The molecule has 0 bridgehead atoms. The zero-order valence-corrected chi connectivity index (χ0v) is 12.2. The molecule has 0 radical (unpaired) electrons. The fourth-order valence-corrected chi connectivity index (χ4v) is 3.08. The maximum Gasteiger partial charge on any atom is 0.303 e. The van der Waals surface area contributed by atoms with Gasteiger partial charge in [-0.15, -0.1) is 0 Å². The molecule has 0 amide bonds. The summed E-state index contributed by atoms with van der Waals surface area (Å²) >= 11 is 3.55. The molecule has 3 rings (SSSR count). The number of nitrogens with zero attached hydrogens (tertiary/aromatic N) is 1. The average Bonchev–Trinajstić information content (AvgIpc) is 2.43. The molecule has 0 fully saturated rings. The van der Waals surface area contributed by atoms with E-state index in [1.54, 1.807) is 0 Å². The Morgan fingerprint density at radius 3 is 2.65 bits per heavy atom. The number of aliphatic carboxylic acids is 1. The smallest absolute Gasteiger partial charge is 0.303 e. The Labute approximate surface area is 124 Å². The first-order chi connectivity index (χ1) is 9.66. The minimum absolute atomic E-state index is 0.116. The van der Waals surface area contributed by atoms with Crippen LogP contribution in [-0.2, 0) is 11.2 Å². The summed E-state index contributed by atoms with van der Waals surface area (Å²) in [6.07, 6.45) is 0.613. The first kappa shape index (κ1) is 13.1. The minimum Gasteiger partial charge on any atom is -0.481 e. The fraction of sp³-hybridized carbons (Fsp3) is 0.125. The van der Waals surface area contributed by atoms with Gasteiger partial charge in [-0.1, -0.05) is 40.2 Å². The lowest BCUT2D eigenvalue weighted by Gasteiger charge is -2.11. The summed E-state index contributed by atoms with van der Waals surface area (Å²) in [6.45, 7) is 0. The number of hydrogen-bond donors (Lipinski definition) is 1. The highest BCUT2D eigenvalue weighted by Gasteiger charge is 2.12. The van der Waals surface area contributed by atoms with Gasteiger partial charge in [-0.25, -0.2) is 4.98 Å². The third kappa shape index (κ3) is 2.27. The van der Waals surface area contributed by atoms with Gasteiger partial charge in [0.15, 0.2) is 0 Å². The highest BCUT2D eigenvalue weighted by atomic mass is 79.9. The molecule has 3 aromatic rings. The van der Waals surface area contributed by atoms with Crippen molar-refractivity contribution in [3.05, 3.63) is 52.5 Å². The molecule has 1 aromatic heterocycles. The number of aryl methyl sites for hydroxylation is 1. The summed E-state index contributed by atoms with van der Waals surface area (Å²) in [5, 5.41) is 11.0. The second kappa shape index (κ2) is 5.21. The van der Waals surface area contributed by atoms with Gasteiger partial charge < -0.3 is 5.11 Å². The molecule has 20 heavy (non-hydrogen) atoms. The molecule has 0 unspecified atom stereocenters. The van der Waals surface area contributed by atoms with Crippen LogP contribution in [0.15, 0.2) is 46.9 Å². The van der Waals surface area contributed by atoms with Gasteiger partial charge in [-0.3, -0.25) is 4.79 Å². The molecule has 0 aliphatic rings. The molecule has 100 valence electrons. The molecular formula is C16H12BrNO2. The number of carboxylic acid groups (broad SMARTS) is 1. The van der Waals surface area contributed by atoms with Gasteiger partial charge in [-0.05, 0) is 30.2 Å². The van der Waals surface area contributed by atoms with Crippen molar-refractivity contribution in [2.75, 3.05) is 0 Å². The highest BCUT2D eigenvalue weighted by Crippen LogP contribution is 2.32. The van der Waals surface area contributed by atoms with Crippen molar-refractivity contribution in [2.45, 2.75) is 12.8 Å². The SMILES string of the molecule is O=C(O)CCc1c2ccccc2nc2cccc(Br)c12. The highest BCUT2D eigenvalue weighted by molar-refractivity contribution is 9.10. The van der Waals surface area contributed by atoms with E-state index in [4.69, 9.17) is 5.11 Å². The van der Waals surface area contributed by atoms with Gasteiger partial charge in [0.25, 0.3) is 0 Å². The van der Waals surface area contributed by atoms with Crippen LogP contribution in [0.3, 0.4) is 0 Å². The summed E-state index contributed by atoms with van der Waals surface area (Å²) in [4.78, 5) is 15.6. The first-order valence-corrected chi connectivity index (χ1v) is 7.14. The normalized spacial score (nSPS) is 11.1. The predicted octanol–water partition coefficient (Wildman–Crippen LogP) is 4.17. The Morgan fingerprint density at radius 1 is 1.10 bits per heavy atom. The Morgan fingerprint density at radius 2 is 1.85 bits per heavy atom. The van der Waals surface area contributed by atoms with Gasteiger partial charge in [-0.2, -0.15) is 0 Å². The van der Waals surface area contributed by atoms with Crippen molar-refractivity contribution in [1.29, 1.82) is 0 Å². The molecule has 0 saturated carbocycles. The molecule has 0 aliphatic heterocycles. The zero-order chi connectivity index (χ0) is 14.1. The van der Waals surface area contributed by atoms with E-state index in [2.05, 4.69) is 20.9 Å². The number of rotatable bonds is 3. The summed E-state index contributed by atoms with van der Waals surface area (Å²) in [5.41, 5.74) is 2.83. The summed E-state index contributed by atoms with van der Waals surface area (Å²) in [5.74, 6) is -0.786. The topological polar surface area (TPSA) is 50.2 Å². The van der Waals surface area contributed by atoms with Crippen molar-refractivity contribution in [2.24, 2.45) is 0 Å². The van der Waals surface area contributed by atoms with Crippen molar-refractivity contribution in [3.63, 3.8) is 0 Å². The molecule has 0 spiro atoms. The molecule has 1 heterocycles. The fourth-order valence-electron chi connectivity index (χ4n) is 2.49. The predicted molar refractivity (Wildman–Crippen MR) is 82.9 cm³/mol. The van der Waals surface area contributed by atoms with Gasteiger partial charge in [0.05, 0.1) is 11.0 Å². The zero-order valence-electron chi connectivity index (χ0n) is 10.6. The summed E-state index contributed by atoms with van der Waals surface area (Å²) < 4.78 is 0.952. The lowest BCUT2D eigenvalue weighted by atomic mass is 9.99. The molecular weight excluding hydrogens is 318 g/mol. The molecule has 1 N–H and O–H groups in total. The minimum atomic E-state index is -0.786. The third-order valence-electron chi connectivity index (χ3n) is 3.35. The van der Waals surface area contributed by atoms with E-state index in [-0.39, 0.29) is 6.42 Å². The van der Waals surface area contributed by atoms with E-state index in [9.17, 15) is 4.79 Å². The van der Waals surface area contributed by atoms with Crippen LogP contribution in [0.5, 0.6) is 0 Å². The number of carboxylic acids is 1. The number of pyridine rings is 1.